The monoisotopic (exact) mass is 543 g/mol. The molecule has 13 heteroatoms. The normalized spacial score (nSPS) is 13.2. The molecule has 0 saturated heterocycles. The van der Waals surface area contributed by atoms with Crippen molar-refractivity contribution in [1.29, 1.82) is 0 Å². The Bertz CT molecular complexity index is 1440. The Morgan fingerprint density at radius 1 is 1.13 bits per heavy atom. The van der Waals surface area contributed by atoms with E-state index in [1.54, 1.807) is 24.5 Å². The number of nitrogens with zero attached hydrogens (tertiary/aromatic N) is 4. The number of nitrogens with one attached hydrogen (secondary N) is 2. The molecule has 4 rings (SSSR count). The number of hydrogen-bond acceptors (Lipinski definition) is 9. The topological polar surface area (TPSA) is 141 Å². The SMILES string of the molecule is CCC(C)Oc1ccc(-c2nc(C(=O)NC[C@@H](C)Nc3ncccn3)c(CN)o2)c2ccc(C(F)(F)F)nc12. The van der Waals surface area contributed by atoms with Crippen molar-refractivity contribution < 1.29 is 27.1 Å². The molecule has 4 aromatic rings. The van der Waals surface area contributed by atoms with Crippen molar-refractivity contribution in [2.24, 2.45) is 5.73 Å². The molecule has 4 N–H and O–H groups in total. The molecule has 0 aliphatic rings. The van der Waals surface area contributed by atoms with Crippen LogP contribution in [0.1, 0.15) is 49.1 Å². The molecule has 3 heterocycles. The molecular weight excluding hydrogens is 515 g/mol. The Hall–Kier alpha value is -4.26. The molecule has 39 heavy (non-hydrogen) atoms. The fraction of sp³-hybridized carbons (Fsp3) is 0.346. The smallest absolute Gasteiger partial charge is 0.433 e. The number of anilines is 1. The zero-order valence-electron chi connectivity index (χ0n) is 21.5. The van der Waals surface area contributed by atoms with Crippen molar-refractivity contribution in [3.05, 3.63) is 59.9 Å². The van der Waals surface area contributed by atoms with E-state index in [0.29, 0.717) is 23.3 Å². The van der Waals surface area contributed by atoms with Crippen LogP contribution in [0.15, 0.2) is 47.1 Å². The number of fused-ring (bicyclic) bond motifs is 1. The van der Waals surface area contributed by atoms with E-state index in [4.69, 9.17) is 14.9 Å². The van der Waals surface area contributed by atoms with Gasteiger partial charge in [-0.2, -0.15) is 13.2 Å². The van der Waals surface area contributed by atoms with Gasteiger partial charge < -0.3 is 25.5 Å². The summed E-state index contributed by atoms with van der Waals surface area (Å²) in [5, 5.41) is 6.15. The van der Waals surface area contributed by atoms with Gasteiger partial charge in [-0.1, -0.05) is 6.92 Å². The maximum absolute atomic E-state index is 13.4. The molecule has 10 nitrogen and oxygen atoms in total. The van der Waals surface area contributed by atoms with Crippen LogP contribution in [-0.2, 0) is 12.7 Å². The summed E-state index contributed by atoms with van der Waals surface area (Å²) in [7, 11) is 0. The van der Waals surface area contributed by atoms with Crippen LogP contribution < -0.4 is 21.1 Å². The van der Waals surface area contributed by atoms with Crippen LogP contribution in [0.3, 0.4) is 0 Å². The largest absolute Gasteiger partial charge is 0.488 e. The van der Waals surface area contributed by atoms with Gasteiger partial charge in [-0.05, 0) is 50.6 Å². The molecule has 3 aromatic heterocycles. The number of rotatable bonds is 10. The molecule has 0 saturated carbocycles. The summed E-state index contributed by atoms with van der Waals surface area (Å²) in [6.45, 7) is 5.65. The highest BCUT2D eigenvalue weighted by Crippen LogP contribution is 2.37. The second kappa shape index (κ2) is 11.6. The van der Waals surface area contributed by atoms with Crippen molar-refractivity contribution in [1.82, 2.24) is 25.3 Å². The van der Waals surface area contributed by atoms with Crippen LogP contribution in [0.5, 0.6) is 5.75 Å². The number of alkyl halides is 3. The number of carbonyl (C=O) groups is 1. The van der Waals surface area contributed by atoms with Gasteiger partial charge in [0.25, 0.3) is 5.91 Å². The van der Waals surface area contributed by atoms with Gasteiger partial charge in [-0.15, -0.1) is 0 Å². The Morgan fingerprint density at radius 2 is 1.87 bits per heavy atom. The second-order valence-corrected chi connectivity index (χ2v) is 8.86. The van der Waals surface area contributed by atoms with E-state index in [1.165, 1.54) is 12.1 Å². The summed E-state index contributed by atoms with van der Waals surface area (Å²) >= 11 is 0. The van der Waals surface area contributed by atoms with Gasteiger partial charge in [0.05, 0.1) is 12.6 Å². The molecule has 0 radical (unpaired) electrons. The zero-order chi connectivity index (χ0) is 28.2. The Kier molecular flexibility index (Phi) is 8.29. The number of pyridine rings is 1. The maximum Gasteiger partial charge on any atom is 0.433 e. The quantitative estimate of drug-likeness (QED) is 0.262. The first-order valence-electron chi connectivity index (χ1n) is 12.3. The van der Waals surface area contributed by atoms with Crippen LogP contribution in [0.2, 0.25) is 0 Å². The van der Waals surface area contributed by atoms with Crippen LogP contribution in [0.4, 0.5) is 19.1 Å². The standard InChI is InChI=1S/C26H28F3N7O3/c1-4-15(3)38-18-8-6-17(16-7-9-20(26(27,28)29)35-21(16)18)24-36-22(19(12-30)39-24)23(37)33-13-14(2)34-25-31-10-5-11-32-25/h5-11,14-15H,4,12-13,30H2,1-3H3,(H,33,37)(H,31,32,34)/t14-,15?/m1/s1. The molecule has 0 fully saturated rings. The number of carbonyl (C=O) groups excluding carboxylic acids is 1. The molecule has 1 aromatic carbocycles. The van der Waals surface area contributed by atoms with Crippen molar-refractivity contribution >= 4 is 22.8 Å². The van der Waals surface area contributed by atoms with Crippen LogP contribution in [0, 0.1) is 0 Å². The van der Waals surface area contributed by atoms with E-state index in [-0.39, 0.29) is 53.8 Å². The van der Waals surface area contributed by atoms with Crippen molar-refractivity contribution in [3.63, 3.8) is 0 Å². The Balaban J connectivity index is 1.64. The van der Waals surface area contributed by atoms with Crippen molar-refractivity contribution in [2.75, 3.05) is 11.9 Å². The number of aromatic nitrogens is 4. The third kappa shape index (κ3) is 6.42. The third-order valence-corrected chi connectivity index (χ3v) is 5.85. The summed E-state index contributed by atoms with van der Waals surface area (Å²) in [5.74, 6) is 0.238. The van der Waals surface area contributed by atoms with Crippen LogP contribution in [-0.4, -0.2) is 44.5 Å². The first-order chi connectivity index (χ1) is 18.6. The molecule has 0 bridgehead atoms. The summed E-state index contributed by atoms with van der Waals surface area (Å²) in [4.78, 5) is 29.3. The molecular formula is C26H28F3N7O3. The highest BCUT2D eigenvalue weighted by Gasteiger charge is 2.33. The minimum Gasteiger partial charge on any atom is -0.488 e. The zero-order valence-corrected chi connectivity index (χ0v) is 21.5. The highest BCUT2D eigenvalue weighted by molar-refractivity contribution is 5.98. The fourth-order valence-electron chi connectivity index (χ4n) is 3.69. The van der Waals surface area contributed by atoms with Crippen molar-refractivity contribution in [3.8, 4) is 17.2 Å². The molecule has 0 aliphatic heterocycles. The second-order valence-electron chi connectivity index (χ2n) is 8.86. The Morgan fingerprint density at radius 3 is 2.54 bits per heavy atom. The first kappa shape index (κ1) is 27.8. The average Bonchev–Trinajstić information content (AvgIpc) is 3.36. The molecule has 0 aliphatic carbocycles. The van der Waals surface area contributed by atoms with E-state index in [1.807, 2.05) is 20.8 Å². The van der Waals surface area contributed by atoms with E-state index < -0.39 is 17.8 Å². The van der Waals surface area contributed by atoms with Gasteiger partial charge in [0, 0.05) is 35.9 Å². The molecule has 1 amide bonds. The van der Waals surface area contributed by atoms with Crippen molar-refractivity contribution in [2.45, 2.75) is 52.1 Å². The molecule has 2 atom stereocenters. The number of amides is 1. The number of halogens is 3. The van der Waals surface area contributed by atoms with Gasteiger partial charge in [0.2, 0.25) is 11.8 Å². The van der Waals surface area contributed by atoms with Gasteiger partial charge >= 0.3 is 6.18 Å². The van der Waals surface area contributed by atoms with E-state index >= 15 is 0 Å². The van der Waals surface area contributed by atoms with E-state index in [9.17, 15) is 18.0 Å². The predicted molar refractivity (Wildman–Crippen MR) is 138 cm³/mol. The third-order valence-electron chi connectivity index (χ3n) is 5.85. The molecule has 1 unspecified atom stereocenters. The summed E-state index contributed by atoms with van der Waals surface area (Å²) in [5.41, 5.74) is 5.08. The van der Waals surface area contributed by atoms with Gasteiger partial charge in [0.15, 0.2) is 11.5 Å². The lowest BCUT2D eigenvalue weighted by atomic mass is 10.1. The minimum atomic E-state index is -4.64. The average molecular weight is 544 g/mol. The molecule has 206 valence electrons. The van der Waals surface area contributed by atoms with Gasteiger partial charge in [-0.25, -0.2) is 19.9 Å². The lowest BCUT2D eigenvalue weighted by Crippen LogP contribution is -2.35. The van der Waals surface area contributed by atoms with E-state index in [2.05, 4.69) is 30.6 Å². The first-order valence-corrected chi connectivity index (χ1v) is 12.3. The summed E-state index contributed by atoms with van der Waals surface area (Å²) < 4.78 is 52.0. The number of benzene rings is 1. The van der Waals surface area contributed by atoms with Gasteiger partial charge in [0.1, 0.15) is 17.0 Å². The molecule has 0 spiro atoms. The summed E-state index contributed by atoms with van der Waals surface area (Å²) in [6.07, 6.45) is -1.06. The predicted octanol–water partition coefficient (Wildman–Crippen LogP) is 4.57. The number of nitrogens with two attached hydrogens (primary N) is 1. The maximum atomic E-state index is 13.4. The highest BCUT2D eigenvalue weighted by atomic mass is 19.4. The minimum absolute atomic E-state index is 0.00385. The van der Waals surface area contributed by atoms with Crippen LogP contribution >= 0.6 is 0 Å². The fourth-order valence-corrected chi connectivity index (χ4v) is 3.69. The summed E-state index contributed by atoms with van der Waals surface area (Å²) in [6, 6.07) is 6.77. The lowest BCUT2D eigenvalue weighted by molar-refractivity contribution is -0.140. The lowest BCUT2D eigenvalue weighted by Gasteiger charge is -2.16. The van der Waals surface area contributed by atoms with Crippen LogP contribution in [0.25, 0.3) is 22.4 Å². The number of ether oxygens (including phenoxy) is 1. The number of hydrogen-bond donors (Lipinski definition) is 3. The Labute approximate surface area is 222 Å². The number of oxazole rings is 1. The van der Waals surface area contributed by atoms with Gasteiger partial charge in [-0.3, -0.25) is 4.79 Å². The van der Waals surface area contributed by atoms with E-state index in [0.717, 1.165) is 6.07 Å².